The maximum absolute atomic E-state index is 9.78. The van der Waals surface area contributed by atoms with Gasteiger partial charge in [0, 0.05) is 6.61 Å². The molecule has 0 N–H and O–H groups in total. The van der Waals surface area contributed by atoms with Crippen LogP contribution in [0.1, 0.15) is 32.1 Å². The molecule has 1 unspecified atom stereocenters. The van der Waals surface area contributed by atoms with Gasteiger partial charge in [0.1, 0.15) is 0 Å². The zero-order chi connectivity index (χ0) is 8.65. The van der Waals surface area contributed by atoms with Crippen LogP contribution in [0.5, 0.6) is 0 Å². The fourth-order valence-electron chi connectivity index (χ4n) is 1.48. The van der Waals surface area contributed by atoms with Crippen molar-refractivity contribution in [3.63, 3.8) is 0 Å². The number of hydrogen-bond acceptors (Lipinski definition) is 3. The summed E-state index contributed by atoms with van der Waals surface area (Å²) in [5.74, 6) is 0. The van der Waals surface area contributed by atoms with Gasteiger partial charge >= 0.3 is 0 Å². The molecule has 0 spiro atoms. The van der Waals surface area contributed by atoms with Crippen LogP contribution in [0, 0.1) is 0 Å². The second-order valence-electron chi connectivity index (χ2n) is 3.10. The van der Waals surface area contributed by atoms with E-state index in [1.165, 1.54) is 12.8 Å². The maximum Gasteiger partial charge on any atom is 0.293 e. The molecule has 1 atom stereocenters. The van der Waals surface area contributed by atoms with Crippen LogP contribution in [0.4, 0.5) is 0 Å². The second kappa shape index (κ2) is 6.00. The summed E-state index contributed by atoms with van der Waals surface area (Å²) in [6, 6.07) is 0. The Hall–Kier alpha value is -0.570. The van der Waals surface area contributed by atoms with Gasteiger partial charge in [-0.3, -0.25) is 4.79 Å². The van der Waals surface area contributed by atoms with Gasteiger partial charge in [0.15, 0.2) is 0 Å². The summed E-state index contributed by atoms with van der Waals surface area (Å²) < 4.78 is 10.0. The number of rotatable bonds is 6. The minimum Gasteiger partial charge on any atom is -0.468 e. The number of unbranched alkanes of at least 4 members (excludes halogenated alkanes) is 1. The normalized spacial score (nSPS) is 22.5. The molecular formula is C9H16O3. The van der Waals surface area contributed by atoms with E-state index in [-0.39, 0.29) is 0 Å². The molecule has 1 rings (SSSR count). The Kier molecular flexibility index (Phi) is 4.76. The lowest BCUT2D eigenvalue weighted by atomic mass is 10.1. The molecule has 0 aromatic carbocycles. The molecule has 1 saturated heterocycles. The van der Waals surface area contributed by atoms with Gasteiger partial charge in [-0.25, -0.2) is 0 Å². The Labute approximate surface area is 73.0 Å². The first-order valence-corrected chi connectivity index (χ1v) is 4.60. The van der Waals surface area contributed by atoms with Crippen LogP contribution >= 0.6 is 0 Å². The van der Waals surface area contributed by atoms with Gasteiger partial charge < -0.3 is 9.47 Å². The molecule has 3 heteroatoms. The first-order chi connectivity index (χ1) is 5.93. The van der Waals surface area contributed by atoms with Crippen LogP contribution in [0.2, 0.25) is 0 Å². The Morgan fingerprint density at radius 2 is 2.42 bits per heavy atom. The molecule has 0 saturated carbocycles. The third kappa shape index (κ3) is 3.72. The summed E-state index contributed by atoms with van der Waals surface area (Å²) in [7, 11) is 0. The van der Waals surface area contributed by atoms with Crippen molar-refractivity contribution < 1.29 is 14.3 Å². The standard InChI is InChI=1S/C9H16O3/c10-8-11-6-2-1-4-9-5-3-7-12-9/h8-9H,1-7H2. The van der Waals surface area contributed by atoms with E-state index in [0.717, 1.165) is 25.9 Å². The van der Waals surface area contributed by atoms with Gasteiger partial charge in [0.05, 0.1) is 12.7 Å². The van der Waals surface area contributed by atoms with Crippen molar-refractivity contribution in [1.29, 1.82) is 0 Å². The van der Waals surface area contributed by atoms with Gasteiger partial charge in [-0.1, -0.05) is 0 Å². The molecule has 0 bridgehead atoms. The Balaban J connectivity index is 1.84. The molecule has 12 heavy (non-hydrogen) atoms. The first kappa shape index (κ1) is 9.52. The van der Waals surface area contributed by atoms with Crippen molar-refractivity contribution in [3.8, 4) is 0 Å². The van der Waals surface area contributed by atoms with E-state index in [2.05, 4.69) is 4.74 Å². The molecule has 0 aliphatic carbocycles. The summed E-state index contributed by atoms with van der Waals surface area (Å²) in [6.07, 6.45) is 6.05. The van der Waals surface area contributed by atoms with E-state index in [1.54, 1.807) is 0 Å². The fraction of sp³-hybridized carbons (Fsp3) is 0.889. The molecule has 0 amide bonds. The molecule has 0 aromatic rings. The highest BCUT2D eigenvalue weighted by atomic mass is 16.5. The molecule has 0 aromatic heterocycles. The lowest BCUT2D eigenvalue weighted by Gasteiger charge is -2.07. The predicted octanol–water partition coefficient (Wildman–Crippen LogP) is 1.51. The lowest BCUT2D eigenvalue weighted by molar-refractivity contribution is -0.128. The van der Waals surface area contributed by atoms with Crippen molar-refractivity contribution in [2.45, 2.75) is 38.2 Å². The van der Waals surface area contributed by atoms with Crippen LogP contribution in [0.15, 0.2) is 0 Å². The Bertz CT molecular complexity index is 119. The number of carbonyl (C=O) groups is 1. The average molecular weight is 172 g/mol. The maximum atomic E-state index is 9.78. The highest BCUT2D eigenvalue weighted by molar-refractivity contribution is 5.36. The van der Waals surface area contributed by atoms with E-state index in [1.807, 2.05) is 0 Å². The van der Waals surface area contributed by atoms with Crippen LogP contribution in [0.25, 0.3) is 0 Å². The van der Waals surface area contributed by atoms with E-state index in [0.29, 0.717) is 19.2 Å². The summed E-state index contributed by atoms with van der Waals surface area (Å²) in [5, 5.41) is 0. The molecule has 1 heterocycles. The summed E-state index contributed by atoms with van der Waals surface area (Å²) in [4.78, 5) is 9.78. The minimum atomic E-state index is 0.473. The molecular weight excluding hydrogens is 156 g/mol. The minimum absolute atomic E-state index is 0.473. The lowest BCUT2D eigenvalue weighted by Crippen LogP contribution is -2.04. The number of hydrogen-bond donors (Lipinski definition) is 0. The van der Waals surface area contributed by atoms with Crippen molar-refractivity contribution in [2.24, 2.45) is 0 Å². The van der Waals surface area contributed by atoms with Gasteiger partial charge in [0.2, 0.25) is 0 Å². The molecule has 70 valence electrons. The highest BCUT2D eigenvalue weighted by Gasteiger charge is 2.14. The third-order valence-corrected chi connectivity index (χ3v) is 2.13. The van der Waals surface area contributed by atoms with Crippen LogP contribution < -0.4 is 0 Å². The molecule has 1 aliphatic heterocycles. The summed E-state index contributed by atoms with van der Waals surface area (Å²) in [5.41, 5.74) is 0. The van der Waals surface area contributed by atoms with Crippen molar-refractivity contribution >= 4 is 6.47 Å². The topological polar surface area (TPSA) is 35.5 Å². The zero-order valence-electron chi connectivity index (χ0n) is 7.33. The SMILES string of the molecule is O=COCCCCC1CCCO1. The van der Waals surface area contributed by atoms with Crippen LogP contribution in [0.3, 0.4) is 0 Å². The molecule has 0 radical (unpaired) electrons. The van der Waals surface area contributed by atoms with Gasteiger partial charge in [-0.15, -0.1) is 0 Å². The van der Waals surface area contributed by atoms with E-state index in [4.69, 9.17) is 4.74 Å². The van der Waals surface area contributed by atoms with E-state index >= 15 is 0 Å². The number of ether oxygens (including phenoxy) is 2. The average Bonchev–Trinajstić information content (AvgIpc) is 2.57. The van der Waals surface area contributed by atoms with Gasteiger partial charge in [-0.05, 0) is 32.1 Å². The molecule has 1 fully saturated rings. The first-order valence-electron chi connectivity index (χ1n) is 4.60. The zero-order valence-corrected chi connectivity index (χ0v) is 7.33. The molecule has 1 aliphatic rings. The number of carbonyl (C=O) groups excluding carboxylic acids is 1. The fourth-order valence-corrected chi connectivity index (χ4v) is 1.48. The second-order valence-corrected chi connectivity index (χ2v) is 3.10. The van der Waals surface area contributed by atoms with Crippen LogP contribution in [-0.2, 0) is 14.3 Å². The van der Waals surface area contributed by atoms with Crippen molar-refractivity contribution in [3.05, 3.63) is 0 Å². The van der Waals surface area contributed by atoms with Crippen LogP contribution in [-0.4, -0.2) is 25.8 Å². The van der Waals surface area contributed by atoms with E-state index in [9.17, 15) is 4.79 Å². The van der Waals surface area contributed by atoms with Gasteiger partial charge in [-0.2, -0.15) is 0 Å². The predicted molar refractivity (Wildman–Crippen MR) is 44.8 cm³/mol. The largest absolute Gasteiger partial charge is 0.468 e. The Morgan fingerprint density at radius 3 is 3.08 bits per heavy atom. The van der Waals surface area contributed by atoms with Crippen molar-refractivity contribution in [1.82, 2.24) is 0 Å². The Morgan fingerprint density at radius 1 is 1.50 bits per heavy atom. The van der Waals surface area contributed by atoms with Gasteiger partial charge in [0.25, 0.3) is 6.47 Å². The monoisotopic (exact) mass is 172 g/mol. The summed E-state index contributed by atoms with van der Waals surface area (Å²) in [6.45, 7) is 1.98. The van der Waals surface area contributed by atoms with Crippen molar-refractivity contribution in [2.75, 3.05) is 13.2 Å². The third-order valence-electron chi connectivity index (χ3n) is 2.13. The highest BCUT2D eigenvalue weighted by Crippen LogP contribution is 2.17. The van der Waals surface area contributed by atoms with E-state index < -0.39 is 0 Å². The molecule has 3 nitrogen and oxygen atoms in total. The quantitative estimate of drug-likeness (QED) is 0.450. The summed E-state index contributed by atoms with van der Waals surface area (Å²) >= 11 is 0. The smallest absolute Gasteiger partial charge is 0.293 e.